The summed E-state index contributed by atoms with van der Waals surface area (Å²) in [5, 5.41) is 0.649. The van der Waals surface area contributed by atoms with Gasteiger partial charge in [-0.1, -0.05) is 29.8 Å². The van der Waals surface area contributed by atoms with E-state index >= 15 is 0 Å². The molecule has 0 saturated heterocycles. The van der Waals surface area contributed by atoms with Crippen LogP contribution in [0.5, 0.6) is 5.75 Å². The number of methoxy groups -OCH3 is 1. The number of hydrogen-bond donors (Lipinski definition) is 0. The van der Waals surface area contributed by atoms with E-state index in [-0.39, 0.29) is 5.91 Å². The van der Waals surface area contributed by atoms with Crippen molar-refractivity contribution in [2.45, 2.75) is 13.0 Å². The summed E-state index contributed by atoms with van der Waals surface area (Å²) in [5.41, 5.74) is 2.85. The average molecular weight is 302 g/mol. The molecule has 3 nitrogen and oxygen atoms in total. The Balaban J connectivity index is 1.87. The maximum absolute atomic E-state index is 12.6. The first-order chi connectivity index (χ1) is 10.2. The van der Waals surface area contributed by atoms with Crippen LogP contribution in [0.2, 0.25) is 5.02 Å². The monoisotopic (exact) mass is 301 g/mol. The van der Waals surface area contributed by atoms with Crippen molar-refractivity contribution in [1.29, 1.82) is 0 Å². The van der Waals surface area contributed by atoms with Crippen molar-refractivity contribution < 1.29 is 9.53 Å². The van der Waals surface area contributed by atoms with Gasteiger partial charge in [0.25, 0.3) is 5.91 Å². The highest BCUT2D eigenvalue weighted by Crippen LogP contribution is 2.26. The van der Waals surface area contributed by atoms with Gasteiger partial charge in [-0.2, -0.15) is 0 Å². The average Bonchev–Trinajstić information content (AvgIpc) is 2.51. The molecule has 0 bridgehead atoms. The minimum atomic E-state index is 0.0684. The largest absolute Gasteiger partial charge is 0.496 e. The number of benzene rings is 2. The highest BCUT2D eigenvalue weighted by molar-refractivity contribution is 6.30. The van der Waals surface area contributed by atoms with E-state index < -0.39 is 0 Å². The van der Waals surface area contributed by atoms with E-state index in [1.54, 1.807) is 13.2 Å². The third kappa shape index (κ3) is 2.74. The highest BCUT2D eigenvalue weighted by Gasteiger charge is 2.24. The Morgan fingerprint density at radius 1 is 1.24 bits per heavy atom. The molecule has 1 amide bonds. The zero-order valence-corrected chi connectivity index (χ0v) is 12.6. The summed E-state index contributed by atoms with van der Waals surface area (Å²) >= 11 is 6.05. The molecule has 4 heteroatoms. The molecule has 0 aliphatic carbocycles. The highest BCUT2D eigenvalue weighted by atomic mass is 35.5. The summed E-state index contributed by atoms with van der Waals surface area (Å²) in [5.74, 6) is 0.824. The van der Waals surface area contributed by atoms with Crippen molar-refractivity contribution in [2.24, 2.45) is 0 Å². The predicted molar refractivity (Wildman–Crippen MR) is 82.9 cm³/mol. The molecule has 2 aromatic carbocycles. The van der Waals surface area contributed by atoms with E-state index in [1.165, 1.54) is 0 Å². The molecule has 0 aromatic heterocycles. The maximum Gasteiger partial charge on any atom is 0.254 e. The second kappa shape index (κ2) is 5.78. The van der Waals surface area contributed by atoms with Gasteiger partial charge in [0.1, 0.15) is 5.75 Å². The van der Waals surface area contributed by atoms with E-state index in [9.17, 15) is 4.79 Å². The lowest BCUT2D eigenvalue weighted by molar-refractivity contribution is 0.0726. The van der Waals surface area contributed by atoms with Gasteiger partial charge in [-0.15, -0.1) is 0 Å². The molecule has 0 atom stereocenters. The molecule has 0 radical (unpaired) electrons. The topological polar surface area (TPSA) is 29.5 Å². The van der Waals surface area contributed by atoms with E-state index in [2.05, 4.69) is 0 Å². The van der Waals surface area contributed by atoms with Crippen molar-refractivity contribution in [3.63, 3.8) is 0 Å². The van der Waals surface area contributed by atoms with Gasteiger partial charge < -0.3 is 9.64 Å². The summed E-state index contributed by atoms with van der Waals surface area (Å²) in [6.07, 6.45) is 0.880. The Morgan fingerprint density at radius 3 is 2.86 bits per heavy atom. The minimum Gasteiger partial charge on any atom is -0.496 e. The third-order valence-electron chi connectivity index (χ3n) is 3.79. The van der Waals surface area contributed by atoms with Crippen LogP contribution in [-0.4, -0.2) is 24.5 Å². The molecule has 0 unspecified atom stereocenters. The Bertz CT molecular complexity index is 684. The molecule has 21 heavy (non-hydrogen) atoms. The summed E-state index contributed by atoms with van der Waals surface area (Å²) in [4.78, 5) is 14.4. The molecular weight excluding hydrogens is 286 g/mol. The van der Waals surface area contributed by atoms with Gasteiger partial charge in [-0.3, -0.25) is 4.79 Å². The van der Waals surface area contributed by atoms with Crippen LogP contribution in [0.15, 0.2) is 42.5 Å². The van der Waals surface area contributed by atoms with Crippen molar-refractivity contribution in [1.82, 2.24) is 4.90 Å². The lowest BCUT2D eigenvalue weighted by Gasteiger charge is -2.29. The molecule has 0 fully saturated rings. The first kappa shape index (κ1) is 14.0. The number of fused-ring (bicyclic) bond motifs is 1. The van der Waals surface area contributed by atoms with Crippen molar-refractivity contribution in [3.05, 3.63) is 64.2 Å². The van der Waals surface area contributed by atoms with Crippen LogP contribution in [-0.2, 0) is 13.0 Å². The van der Waals surface area contributed by atoms with E-state index in [0.717, 1.165) is 28.9 Å². The number of hydrogen-bond acceptors (Lipinski definition) is 2. The van der Waals surface area contributed by atoms with Gasteiger partial charge in [0.2, 0.25) is 0 Å². The predicted octanol–water partition coefficient (Wildman–Crippen LogP) is 3.55. The number of halogens is 1. The van der Waals surface area contributed by atoms with Gasteiger partial charge in [0, 0.05) is 29.2 Å². The quantitative estimate of drug-likeness (QED) is 0.868. The normalized spacial score (nSPS) is 14.0. The number of nitrogens with zero attached hydrogens (tertiary/aromatic N) is 1. The zero-order valence-electron chi connectivity index (χ0n) is 11.8. The van der Waals surface area contributed by atoms with E-state index in [1.807, 2.05) is 41.3 Å². The van der Waals surface area contributed by atoms with Crippen molar-refractivity contribution in [2.75, 3.05) is 13.7 Å². The zero-order chi connectivity index (χ0) is 14.8. The molecule has 1 aliphatic heterocycles. The molecular formula is C17H16ClNO2. The third-order valence-corrected chi connectivity index (χ3v) is 4.02. The standard InChI is InChI=1S/C17H16ClNO2/c1-21-16-7-6-14(18)10-13(16)11-19-9-8-12-4-2-3-5-15(12)17(19)20/h2-7,10H,8-9,11H2,1H3. The van der Waals surface area contributed by atoms with Gasteiger partial charge >= 0.3 is 0 Å². The fraction of sp³-hybridized carbons (Fsp3) is 0.235. The Hall–Kier alpha value is -2.00. The fourth-order valence-corrected chi connectivity index (χ4v) is 2.90. The molecule has 1 heterocycles. The van der Waals surface area contributed by atoms with Gasteiger partial charge in [0.15, 0.2) is 0 Å². The van der Waals surface area contributed by atoms with Gasteiger partial charge in [-0.05, 0) is 36.2 Å². The lowest BCUT2D eigenvalue weighted by Crippen LogP contribution is -2.37. The summed E-state index contributed by atoms with van der Waals surface area (Å²) in [6, 6.07) is 13.3. The first-order valence-corrected chi connectivity index (χ1v) is 7.26. The van der Waals surface area contributed by atoms with Crippen LogP contribution in [0.25, 0.3) is 0 Å². The molecule has 0 N–H and O–H groups in total. The first-order valence-electron chi connectivity index (χ1n) is 6.88. The number of carbonyl (C=O) groups is 1. The number of ether oxygens (including phenoxy) is 1. The second-order valence-corrected chi connectivity index (χ2v) is 5.53. The molecule has 108 valence electrons. The smallest absolute Gasteiger partial charge is 0.254 e. The summed E-state index contributed by atoms with van der Waals surface area (Å²) < 4.78 is 5.35. The van der Waals surface area contributed by atoms with E-state index in [0.29, 0.717) is 18.1 Å². The number of rotatable bonds is 3. The number of amides is 1. The van der Waals surface area contributed by atoms with Crippen LogP contribution < -0.4 is 4.74 Å². The van der Waals surface area contributed by atoms with Crippen LogP contribution in [0.1, 0.15) is 21.5 Å². The fourth-order valence-electron chi connectivity index (χ4n) is 2.70. The minimum absolute atomic E-state index is 0.0684. The lowest BCUT2D eigenvalue weighted by atomic mass is 9.98. The molecule has 0 saturated carbocycles. The van der Waals surface area contributed by atoms with Crippen LogP contribution in [0.4, 0.5) is 0 Å². The second-order valence-electron chi connectivity index (χ2n) is 5.09. The summed E-state index contributed by atoms with van der Waals surface area (Å²) in [7, 11) is 1.63. The van der Waals surface area contributed by atoms with E-state index in [4.69, 9.17) is 16.3 Å². The Morgan fingerprint density at radius 2 is 2.05 bits per heavy atom. The van der Waals surface area contributed by atoms with Crippen LogP contribution >= 0.6 is 11.6 Å². The van der Waals surface area contributed by atoms with Gasteiger partial charge in [0.05, 0.1) is 7.11 Å². The molecule has 2 aromatic rings. The molecule has 1 aliphatic rings. The van der Waals surface area contributed by atoms with Crippen molar-refractivity contribution in [3.8, 4) is 5.75 Å². The molecule has 3 rings (SSSR count). The van der Waals surface area contributed by atoms with Crippen LogP contribution in [0.3, 0.4) is 0 Å². The molecule has 0 spiro atoms. The number of carbonyl (C=O) groups excluding carboxylic acids is 1. The Kier molecular flexibility index (Phi) is 3.84. The van der Waals surface area contributed by atoms with Gasteiger partial charge in [-0.25, -0.2) is 0 Å². The Labute approximate surface area is 129 Å². The van der Waals surface area contributed by atoms with Crippen LogP contribution in [0, 0.1) is 0 Å². The van der Waals surface area contributed by atoms with Crippen molar-refractivity contribution >= 4 is 17.5 Å². The SMILES string of the molecule is COc1ccc(Cl)cc1CN1CCc2ccccc2C1=O. The maximum atomic E-state index is 12.6. The summed E-state index contributed by atoms with van der Waals surface area (Å²) in [6.45, 7) is 1.22.